The van der Waals surface area contributed by atoms with Gasteiger partial charge >= 0.3 is 0 Å². The Morgan fingerprint density at radius 1 is 1.17 bits per heavy atom. The van der Waals surface area contributed by atoms with Crippen molar-refractivity contribution in [1.82, 2.24) is 9.88 Å². The van der Waals surface area contributed by atoms with E-state index in [0.717, 1.165) is 15.8 Å². The van der Waals surface area contributed by atoms with Crippen LogP contribution in [0.1, 0.15) is 18.4 Å². The molecule has 0 saturated carbocycles. The first-order valence-electron chi connectivity index (χ1n) is 9.51. The van der Waals surface area contributed by atoms with Crippen molar-refractivity contribution < 1.29 is 17.9 Å². The van der Waals surface area contributed by atoms with Crippen molar-refractivity contribution in [2.24, 2.45) is 0 Å². The van der Waals surface area contributed by atoms with Gasteiger partial charge in [-0.15, -0.1) is 0 Å². The number of hydrogen-bond acceptors (Lipinski definition) is 6. The molecule has 2 heterocycles. The van der Waals surface area contributed by atoms with Crippen molar-refractivity contribution in [3.8, 4) is 5.19 Å². The Morgan fingerprint density at radius 3 is 2.66 bits per heavy atom. The summed E-state index contributed by atoms with van der Waals surface area (Å²) in [5.74, 6) is -0.0602. The number of rotatable bonds is 7. The van der Waals surface area contributed by atoms with Gasteiger partial charge in [0.1, 0.15) is 6.10 Å². The van der Waals surface area contributed by atoms with Crippen LogP contribution < -0.4 is 4.74 Å². The topological polar surface area (TPSA) is 76.6 Å². The van der Waals surface area contributed by atoms with E-state index in [4.69, 9.17) is 4.74 Å². The lowest BCUT2D eigenvalue weighted by Gasteiger charge is -2.38. The van der Waals surface area contributed by atoms with Crippen LogP contribution in [0.2, 0.25) is 0 Å². The Hall–Kier alpha value is -2.45. The summed E-state index contributed by atoms with van der Waals surface area (Å²) in [6.45, 7) is 3.05. The van der Waals surface area contributed by atoms with Gasteiger partial charge in [0.25, 0.3) is 5.19 Å². The predicted molar refractivity (Wildman–Crippen MR) is 113 cm³/mol. The summed E-state index contributed by atoms with van der Waals surface area (Å²) < 4.78 is 31.5. The highest BCUT2D eigenvalue weighted by Gasteiger charge is 2.32. The molecule has 0 unspecified atom stereocenters. The highest BCUT2D eigenvalue weighted by atomic mass is 32.2. The van der Waals surface area contributed by atoms with Crippen LogP contribution in [0.3, 0.4) is 0 Å². The number of aromatic nitrogens is 1. The van der Waals surface area contributed by atoms with E-state index in [1.807, 2.05) is 25.1 Å². The first kappa shape index (κ1) is 19.8. The molecule has 4 rings (SSSR count). The van der Waals surface area contributed by atoms with Crippen LogP contribution >= 0.6 is 11.3 Å². The van der Waals surface area contributed by atoms with Crippen LogP contribution in [-0.4, -0.2) is 49.2 Å². The van der Waals surface area contributed by atoms with Crippen molar-refractivity contribution in [2.45, 2.75) is 30.8 Å². The third-order valence-electron chi connectivity index (χ3n) is 4.98. The zero-order valence-electron chi connectivity index (χ0n) is 16.1. The lowest BCUT2D eigenvalue weighted by Crippen LogP contribution is -2.56. The van der Waals surface area contributed by atoms with Crippen LogP contribution in [0.25, 0.3) is 10.2 Å². The van der Waals surface area contributed by atoms with E-state index in [-0.39, 0.29) is 24.2 Å². The second-order valence-electron chi connectivity index (χ2n) is 7.18. The van der Waals surface area contributed by atoms with Gasteiger partial charge in [-0.2, -0.15) is 0 Å². The summed E-state index contributed by atoms with van der Waals surface area (Å²) in [6, 6.07) is 14.4. The Labute approximate surface area is 174 Å². The molecule has 1 saturated heterocycles. The highest BCUT2D eigenvalue weighted by Crippen LogP contribution is 2.31. The molecule has 1 aromatic heterocycles. The number of hydrogen-bond donors (Lipinski definition) is 0. The van der Waals surface area contributed by atoms with E-state index in [0.29, 0.717) is 29.6 Å². The molecule has 0 spiro atoms. The maximum absolute atomic E-state index is 12.3. The Kier molecular flexibility index (Phi) is 5.56. The first-order valence-corrected chi connectivity index (χ1v) is 12.0. The van der Waals surface area contributed by atoms with Gasteiger partial charge in [-0.05, 0) is 37.1 Å². The Bertz CT molecular complexity index is 1120. The van der Waals surface area contributed by atoms with Gasteiger partial charge in [0.15, 0.2) is 9.84 Å². The highest BCUT2D eigenvalue weighted by molar-refractivity contribution is 7.91. The predicted octanol–water partition coefficient (Wildman–Crippen LogP) is 3.45. The normalized spacial score (nSPS) is 14.7. The monoisotopic (exact) mass is 430 g/mol. The molecule has 3 aromatic rings. The molecule has 0 atom stereocenters. The molecule has 152 valence electrons. The van der Waals surface area contributed by atoms with Gasteiger partial charge in [-0.3, -0.25) is 4.79 Å². The van der Waals surface area contributed by atoms with Crippen molar-refractivity contribution in [2.75, 3.05) is 18.8 Å². The van der Waals surface area contributed by atoms with Gasteiger partial charge in [-0.1, -0.05) is 41.7 Å². The fraction of sp³-hybridized carbons (Fsp3) is 0.333. The summed E-state index contributed by atoms with van der Waals surface area (Å²) >= 11 is 1.51. The summed E-state index contributed by atoms with van der Waals surface area (Å²) in [5, 5.41) is 0.625. The van der Waals surface area contributed by atoms with E-state index in [9.17, 15) is 13.2 Å². The smallest absolute Gasteiger partial charge is 0.274 e. The zero-order chi connectivity index (χ0) is 20.4. The lowest BCUT2D eigenvalue weighted by molar-refractivity contribution is -0.140. The van der Waals surface area contributed by atoms with E-state index in [2.05, 4.69) is 4.98 Å². The molecule has 0 radical (unpaired) electrons. The number of carbonyl (C=O) groups is 1. The molecule has 8 heteroatoms. The number of aryl methyl sites for hydroxylation is 1. The second-order valence-corrected chi connectivity index (χ2v) is 10.3. The molecular weight excluding hydrogens is 408 g/mol. The van der Waals surface area contributed by atoms with Crippen molar-refractivity contribution in [3.05, 3.63) is 54.1 Å². The van der Waals surface area contributed by atoms with Gasteiger partial charge < -0.3 is 9.64 Å². The number of nitrogens with zero attached hydrogens (tertiary/aromatic N) is 2. The average Bonchev–Trinajstić information content (AvgIpc) is 3.09. The number of amides is 1. The van der Waals surface area contributed by atoms with E-state index >= 15 is 0 Å². The fourth-order valence-corrected chi connectivity index (χ4v) is 5.58. The van der Waals surface area contributed by atoms with Crippen molar-refractivity contribution >= 4 is 37.3 Å². The lowest BCUT2D eigenvalue weighted by atomic mass is 10.1. The minimum Gasteiger partial charge on any atom is -0.463 e. The largest absolute Gasteiger partial charge is 0.463 e. The summed E-state index contributed by atoms with van der Waals surface area (Å²) in [7, 11) is -3.34. The molecule has 0 aliphatic carbocycles. The van der Waals surface area contributed by atoms with Crippen LogP contribution in [0.5, 0.6) is 5.19 Å². The summed E-state index contributed by atoms with van der Waals surface area (Å²) in [6.07, 6.45) is 0.474. The van der Waals surface area contributed by atoms with Crippen LogP contribution in [-0.2, 0) is 14.6 Å². The van der Waals surface area contributed by atoms with Gasteiger partial charge in [0.2, 0.25) is 5.91 Å². The molecule has 29 heavy (non-hydrogen) atoms. The standard InChI is InChI=1S/C21H22N2O4S2/c1-15-7-5-10-18-20(15)22-21(28-18)27-16-13-23(14-16)19(24)11-6-12-29(25,26)17-8-3-2-4-9-17/h2-5,7-10,16H,6,11-14H2,1H3. The number of benzene rings is 2. The summed E-state index contributed by atoms with van der Waals surface area (Å²) in [5.41, 5.74) is 2.07. The second kappa shape index (κ2) is 8.12. The van der Waals surface area contributed by atoms with Crippen molar-refractivity contribution in [3.63, 3.8) is 0 Å². The molecule has 2 aromatic carbocycles. The van der Waals surface area contributed by atoms with E-state index in [1.54, 1.807) is 35.2 Å². The van der Waals surface area contributed by atoms with Crippen LogP contribution in [0, 0.1) is 6.92 Å². The number of thiazole rings is 1. The van der Waals surface area contributed by atoms with E-state index < -0.39 is 9.84 Å². The molecule has 0 bridgehead atoms. The number of ether oxygens (including phenoxy) is 1. The maximum atomic E-state index is 12.3. The maximum Gasteiger partial charge on any atom is 0.274 e. The quantitative estimate of drug-likeness (QED) is 0.574. The number of para-hydroxylation sites is 1. The van der Waals surface area contributed by atoms with Crippen molar-refractivity contribution in [1.29, 1.82) is 0 Å². The minimum absolute atomic E-state index is 0.0262. The SMILES string of the molecule is Cc1cccc2sc(OC3CN(C(=O)CCCS(=O)(=O)c4ccccc4)C3)nc12. The number of carbonyl (C=O) groups excluding carboxylic acids is 1. The zero-order valence-corrected chi connectivity index (χ0v) is 17.7. The fourth-order valence-electron chi connectivity index (χ4n) is 3.29. The van der Waals surface area contributed by atoms with Gasteiger partial charge in [0.05, 0.1) is 34.0 Å². The third-order valence-corrected chi connectivity index (χ3v) is 7.70. The molecule has 1 aliphatic heterocycles. The number of sulfone groups is 1. The molecule has 1 aliphatic rings. The molecule has 1 amide bonds. The molecule has 1 fully saturated rings. The van der Waals surface area contributed by atoms with Crippen LogP contribution in [0.4, 0.5) is 0 Å². The Morgan fingerprint density at radius 2 is 1.93 bits per heavy atom. The average molecular weight is 431 g/mol. The Balaban J connectivity index is 1.23. The molecule has 0 N–H and O–H groups in total. The summed E-state index contributed by atoms with van der Waals surface area (Å²) in [4.78, 5) is 18.8. The van der Waals surface area contributed by atoms with Crippen LogP contribution in [0.15, 0.2) is 53.4 Å². The number of fused-ring (bicyclic) bond motifs is 1. The number of likely N-dealkylation sites (tertiary alicyclic amines) is 1. The van der Waals surface area contributed by atoms with Gasteiger partial charge in [-0.25, -0.2) is 13.4 Å². The molecular formula is C21H22N2O4S2. The van der Waals surface area contributed by atoms with E-state index in [1.165, 1.54) is 11.3 Å². The first-order chi connectivity index (χ1) is 13.9. The minimum atomic E-state index is -3.34. The van der Waals surface area contributed by atoms with Gasteiger partial charge in [0, 0.05) is 6.42 Å². The third kappa shape index (κ3) is 4.43. The molecule has 6 nitrogen and oxygen atoms in total.